The fourth-order valence-corrected chi connectivity index (χ4v) is 1.84. The lowest BCUT2D eigenvalue weighted by atomic mass is 10.1. The zero-order valence-electron chi connectivity index (χ0n) is 9.31. The molecule has 0 amide bonds. The monoisotopic (exact) mass is 288 g/mol. The van der Waals surface area contributed by atoms with Crippen LogP contribution in [0.4, 0.5) is 0 Å². The molecule has 2 rings (SSSR count). The second-order valence-corrected chi connectivity index (χ2v) is 4.70. The minimum absolute atomic E-state index is 0.355. The van der Waals surface area contributed by atoms with Crippen molar-refractivity contribution in [1.82, 2.24) is 0 Å². The largest absolute Gasteiger partial charge is 0.508 e. The van der Waals surface area contributed by atoms with Gasteiger partial charge in [-0.2, -0.15) is 0 Å². The van der Waals surface area contributed by atoms with E-state index in [-0.39, 0.29) is 0 Å². The van der Waals surface area contributed by atoms with Crippen molar-refractivity contribution in [3.05, 3.63) is 70.2 Å². The maximum atomic E-state index is 9.60. The summed E-state index contributed by atoms with van der Waals surface area (Å²) in [6, 6.07) is 15.5. The Kier molecular flexibility index (Phi) is 3.99. The number of phenols is 1. The summed E-state index contributed by atoms with van der Waals surface area (Å²) < 4.78 is 1.08. The third kappa shape index (κ3) is 3.46. The zero-order chi connectivity index (χ0) is 12.1. The van der Waals surface area contributed by atoms with E-state index in [4.69, 9.17) is 0 Å². The Morgan fingerprint density at radius 2 is 1.71 bits per heavy atom. The Bertz CT molecular complexity index is 515. The van der Waals surface area contributed by atoms with E-state index in [0.717, 1.165) is 22.0 Å². The maximum Gasteiger partial charge on any atom is 0.119 e. The molecule has 0 radical (unpaired) electrons. The van der Waals surface area contributed by atoms with Gasteiger partial charge in [-0.25, -0.2) is 0 Å². The van der Waals surface area contributed by atoms with Crippen LogP contribution in [0.2, 0.25) is 0 Å². The predicted octanol–water partition coefficient (Wildman–Crippen LogP) is 4.41. The molecule has 0 saturated carbocycles. The second kappa shape index (κ2) is 5.69. The van der Waals surface area contributed by atoms with E-state index in [1.54, 1.807) is 6.07 Å². The highest BCUT2D eigenvalue weighted by Crippen LogP contribution is 2.17. The van der Waals surface area contributed by atoms with Crippen LogP contribution in [0, 0.1) is 0 Å². The van der Waals surface area contributed by atoms with Crippen LogP contribution in [0.15, 0.2) is 59.1 Å². The maximum absolute atomic E-state index is 9.60. The Morgan fingerprint density at radius 1 is 1.00 bits per heavy atom. The summed E-state index contributed by atoms with van der Waals surface area (Å²) in [6.45, 7) is 0. The van der Waals surface area contributed by atoms with Crippen LogP contribution in [-0.2, 0) is 6.42 Å². The molecule has 0 saturated heterocycles. The van der Waals surface area contributed by atoms with E-state index >= 15 is 0 Å². The summed E-state index contributed by atoms with van der Waals surface area (Å²) >= 11 is 3.40. The number of hydrogen-bond acceptors (Lipinski definition) is 1. The number of para-hydroxylation sites is 1. The molecule has 2 aromatic carbocycles. The highest BCUT2D eigenvalue weighted by atomic mass is 79.9. The molecule has 0 aromatic heterocycles. The lowest BCUT2D eigenvalue weighted by Crippen LogP contribution is -1.81. The molecule has 2 aromatic rings. The molecule has 0 unspecified atom stereocenters. The summed E-state index contributed by atoms with van der Waals surface area (Å²) in [6.07, 6.45) is 4.85. The van der Waals surface area contributed by atoms with Crippen molar-refractivity contribution in [2.75, 3.05) is 0 Å². The van der Waals surface area contributed by atoms with Crippen molar-refractivity contribution in [2.24, 2.45) is 0 Å². The highest BCUT2D eigenvalue weighted by molar-refractivity contribution is 9.10. The van der Waals surface area contributed by atoms with Gasteiger partial charge >= 0.3 is 0 Å². The summed E-state index contributed by atoms with van der Waals surface area (Å²) in [5.74, 6) is 0.355. The normalized spacial score (nSPS) is 10.9. The van der Waals surface area contributed by atoms with Gasteiger partial charge in [-0.05, 0) is 35.7 Å². The molecule has 17 heavy (non-hydrogen) atoms. The van der Waals surface area contributed by atoms with Crippen molar-refractivity contribution in [1.29, 1.82) is 0 Å². The molecule has 0 atom stereocenters. The fraction of sp³-hybridized carbons (Fsp3) is 0.0667. The summed E-state index contributed by atoms with van der Waals surface area (Å²) in [7, 11) is 0. The first-order valence-corrected chi connectivity index (χ1v) is 6.24. The van der Waals surface area contributed by atoms with E-state index < -0.39 is 0 Å². The van der Waals surface area contributed by atoms with Gasteiger partial charge in [-0.1, -0.05) is 58.4 Å². The van der Waals surface area contributed by atoms with Crippen molar-refractivity contribution in [3.63, 3.8) is 0 Å². The second-order valence-electron chi connectivity index (χ2n) is 3.79. The molecule has 0 aliphatic rings. The van der Waals surface area contributed by atoms with Crippen LogP contribution >= 0.6 is 15.9 Å². The van der Waals surface area contributed by atoms with E-state index in [1.807, 2.05) is 42.5 Å². The molecule has 0 aliphatic carbocycles. The SMILES string of the molecule is Oc1ccccc1C/C=C\c1ccc(Br)cc1. The molecule has 1 nitrogen and oxygen atoms in total. The Hall–Kier alpha value is -1.54. The average Bonchev–Trinajstić information content (AvgIpc) is 2.34. The smallest absolute Gasteiger partial charge is 0.119 e. The van der Waals surface area contributed by atoms with Gasteiger partial charge in [0.25, 0.3) is 0 Å². The molecule has 0 bridgehead atoms. The molecule has 0 fully saturated rings. The van der Waals surface area contributed by atoms with Crippen LogP contribution in [0.1, 0.15) is 11.1 Å². The lowest BCUT2D eigenvalue weighted by Gasteiger charge is -1.99. The van der Waals surface area contributed by atoms with Gasteiger partial charge in [0.1, 0.15) is 5.75 Å². The number of aromatic hydroxyl groups is 1. The van der Waals surface area contributed by atoms with Crippen molar-refractivity contribution in [2.45, 2.75) is 6.42 Å². The standard InChI is InChI=1S/C15H13BrO/c16-14-10-8-12(9-11-14)4-3-6-13-5-1-2-7-15(13)17/h1-5,7-11,17H,6H2/b4-3-. The van der Waals surface area contributed by atoms with Gasteiger partial charge in [-0.3, -0.25) is 0 Å². The van der Waals surface area contributed by atoms with E-state index in [0.29, 0.717) is 5.75 Å². The first-order chi connectivity index (χ1) is 8.25. The number of benzene rings is 2. The van der Waals surface area contributed by atoms with Gasteiger partial charge in [0.05, 0.1) is 0 Å². The predicted molar refractivity (Wildman–Crippen MR) is 75.0 cm³/mol. The lowest BCUT2D eigenvalue weighted by molar-refractivity contribution is 0.470. The van der Waals surface area contributed by atoms with Gasteiger partial charge in [0, 0.05) is 4.47 Å². The zero-order valence-corrected chi connectivity index (χ0v) is 10.9. The molecular weight excluding hydrogens is 276 g/mol. The van der Waals surface area contributed by atoms with E-state index in [2.05, 4.69) is 28.1 Å². The third-order valence-corrected chi connectivity index (χ3v) is 3.04. The molecule has 0 spiro atoms. The first kappa shape index (κ1) is 11.9. The fourth-order valence-electron chi connectivity index (χ4n) is 1.58. The summed E-state index contributed by atoms with van der Waals surface area (Å²) in [5.41, 5.74) is 2.10. The van der Waals surface area contributed by atoms with Crippen LogP contribution in [-0.4, -0.2) is 5.11 Å². The van der Waals surface area contributed by atoms with Gasteiger partial charge in [0.2, 0.25) is 0 Å². The number of rotatable bonds is 3. The molecule has 1 N–H and O–H groups in total. The van der Waals surface area contributed by atoms with Crippen molar-refractivity contribution >= 4 is 22.0 Å². The molecule has 86 valence electrons. The van der Waals surface area contributed by atoms with Crippen LogP contribution < -0.4 is 0 Å². The topological polar surface area (TPSA) is 20.2 Å². The number of allylic oxidation sites excluding steroid dienone is 1. The van der Waals surface area contributed by atoms with E-state index in [9.17, 15) is 5.11 Å². The number of hydrogen-bond donors (Lipinski definition) is 1. The quantitative estimate of drug-likeness (QED) is 0.887. The minimum Gasteiger partial charge on any atom is -0.508 e. The highest BCUT2D eigenvalue weighted by Gasteiger charge is 1.95. The van der Waals surface area contributed by atoms with Crippen LogP contribution in [0.5, 0.6) is 5.75 Å². The Labute approximate surface area is 110 Å². The number of phenolic OH excluding ortho intramolecular Hbond substituents is 1. The Morgan fingerprint density at radius 3 is 2.41 bits per heavy atom. The van der Waals surface area contributed by atoms with Gasteiger partial charge in [0.15, 0.2) is 0 Å². The third-order valence-electron chi connectivity index (χ3n) is 2.51. The molecule has 0 aliphatic heterocycles. The van der Waals surface area contributed by atoms with Crippen molar-refractivity contribution in [3.8, 4) is 5.75 Å². The molecule has 0 heterocycles. The minimum atomic E-state index is 0.355. The van der Waals surface area contributed by atoms with Crippen molar-refractivity contribution < 1.29 is 5.11 Å². The van der Waals surface area contributed by atoms with E-state index in [1.165, 1.54) is 0 Å². The first-order valence-electron chi connectivity index (χ1n) is 5.45. The van der Waals surface area contributed by atoms with Crippen LogP contribution in [0.25, 0.3) is 6.08 Å². The summed E-state index contributed by atoms with van der Waals surface area (Å²) in [5, 5.41) is 9.60. The van der Waals surface area contributed by atoms with Gasteiger partial charge < -0.3 is 5.11 Å². The molecular formula is C15H13BrO. The average molecular weight is 289 g/mol. The summed E-state index contributed by atoms with van der Waals surface area (Å²) in [4.78, 5) is 0. The Balaban J connectivity index is 2.03. The van der Waals surface area contributed by atoms with Gasteiger partial charge in [-0.15, -0.1) is 0 Å². The van der Waals surface area contributed by atoms with Crippen LogP contribution in [0.3, 0.4) is 0 Å². The number of halogens is 1. The molecule has 2 heteroatoms.